The summed E-state index contributed by atoms with van der Waals surface area (Å²) in [7, 11) is 2.85. The summed E-state index contributed by atoms with van der Waals surface area (Å²) < 4.78 is 15.5. The Morgan fingerprint density at radius 3 is 2.54 bits per heavy atom. The van der Waals surface area contributed by atoms with E-state index >= 15 is 0 Å². The van der Waals surface area contributed by atoms with E-state index in [0.717, 1.165) is 11.3 Å². The first-order chi connectivity index (χ1) is 11.6. The van der Waals surface area contributed by atoms with Crippen molar-refractivity contribution in [1.82, 2.24) is 0 Å². The Morgan fingerprint density at radius 2 is 1.88 bits per heavy atom. The van der Waals surface area contributed by atoms with E-state index in [1.807, 2.05) is 36.4 Å². The molecule has 1 N–H and O–H groups in total. The van der Waals surface area contributed by atoms with Gasteiger partial charge in [0.1, 0.15) is 0 Å². The van der Waals surface area contributed by atoms with Crippen LogP contribution in [0.1, 0.15) is 12.5 Å². The largest absolute Gasteiger partial charge is 0.493 e. The highest BCUT2D eigenvalue weighted by Crippen LogP contribution is 2.28. The van der Waals surface area contributed by atoms with Crippen LogP contribution in [0.3, 0.4) is 0 Å². The third kappa shape index (κ3) is 4.74. The van der Waals surface area contributed by atoms with Crippen molar-refractivity contribution in [3.63, 3.8) is 0 Å². The van der Waals surface area contributed by atoms with Gasteiger partial charge in [0.25, 0.3) is 0 Å². The number of carbonyl (C=O) groups is 1. The second-order valence-corrected chi connectivity index (χ2v) is 4.93. The number of carbonyl (C=O) groups excluding carboxylic acids is 1. The fourth-order valence-corrected chi connectivity index (χ4v) is 1.96. The van der Waals surface area contributed by atoms with Crippen LogP contribution in [0.25, 0.3) is 0 Å². The van der Waals surface area contributed by atoms with Crippen molar-refractivity contribution in [2.45, 2.75) is 13.0 Å². The summed E-state index contributed by atoms with van der Waals surface area (Å²) in [6.45, 7) is 1.62. The first kappa shape index (κ1) is 17.3. The maximum Gasteiger partial charge on any atom is 0.346 e. The summed E-state index contributed by atoms with van der Waals surface area (Å²) in [5, 5.41) is 4.17. The third-order valence-corrected chi connectivity index (χ3v) is 3.21. The molecule has 0 saturated carbocycles. The Balaban J connectivity index is 2.06. The number of ether oxygens (including phenoxy) is 3. The average molecular weight is 328 g/mol. The van der Waals surface area contributed by atoms with Crippen LogP contribution in [0.15, 0.2) is 53.6 Å². The van der Waals surface area contributed by atoms with Gasteiger partial charge in [-0.05, 0) is 42.8 Å². The molecule has 0 aliphatic heterocycles. The van der Waals surface area contributed by atoms with E-state index in [-0.39, 0.29) is 0 Å². The van der Waals surface area contributed by atoms with Crippen molar-refractivity contribution >= 4 is 17.9 Å². The average Bonchev–Trinajstić information content (AvgIpc) is 2.62. The maximum atomic E-state index is 11.4. The summed E-state index contributed by atoms with van der Waals surface area (Å²) in [4.78, 5) is 11.4. The van der Waals surface area contributed by atoms with Gasteiger partial charge < -0.3 is 14.2 Å². The van der Waals surface area contributed by atoms with Crippen LogP contribution < -0.4 is 14.9 Å². The molecule has 2 rings (SSSR count). The molecule has 6 nitrogen and oxygen atoms in total. The van der Waals surface area contributed by atoms with Crippen molar-refractivity contribution in [3.8, 4) is 11.5 Å². The third-order valence-electron chi connectivity index (χ3n) is 3.21. The van der Waals surface area contributed by atoms with Gasteiger partial charge in [0.15, 0.2) is 17.6 Å². The molecule has 126 valence electrons. The van der Waals surface area contributed by atoms with Crippen molar-refractivity contribution in [3.05, 3.63) is 54.1 Å². The zero-order valence-corrected chi connectivity index (χ0v) is 13.9. The number of hydrogen-bond donors (Lipinski definition) is 1. The second kappa shape index (κ2) is 8.57. The molecule has 2 aromatic carbocycles. The molecule has 2 aromatic rings. The van der Waals surface area contributed by atoms with Crippen LogP contribution in [0, 0.1) is 0 Å². The first-order valence-electron chi connectivity index (χ1n) is 7.40. The summed E-state index contributed by atoms with van der Waals surface area (Å²) in [5.41, 5.74) is 4.66. The van der Waals surface area contributed by atoms with E-state index in [4.69, 9.17) is 9.47 Å². The Labute approximate surface area is 141 Å². The minimum atomic E-state index is -0.719. The molecule has 0 radical (unpaired) electrons. The summed E-state index contributed by atoms with van der Waals surface area (Å²) in [6.07, 6.45) is 0.950. The van der Waals surface area contributed by atoms with Gasteiger partial charge >= 0.3 is 5.97 Å². The van der Waals surface area contributed by atoms with E-state index in [2.05, 4.69) is 15.3 Å². The molecule has 1 unspecified atom stereocenters. The Bertz CT molecular complexity index is 701. The molecule has 0 saturated heterocycles. The van der Waals surface area contributed by atoms with Crippen molar-refractivity contribution < 1.29 is 19.0 Å². The fourth-order valence-electron chi connectivity index (χ4n) is 1.96. The number of benzene rings is 2. The number of nitrogens with one attached hydrogen (secondary N) is 1. The number of esters is 1. The molecule has 0 bridgehead atoms. The van der Waals surface area contributed by atoms with Crippen molar-refractivity contribution in [2.24, 2.45) is 5.10 Å². The lowest BCUT2D eigenvalue weighted by atomic mass is 10.2. The smallest absolute Gasteiger partial charge is 0.346 e. The molecular weight excluding hydrogens is 308 g/mol. The number of nitrogens with zero attached hydrogens (tertiary/aromatic N) is 1. The zero-order valence-electron chi connectivity index (χ0n) is 13.9. The molecule has 6 heteroatoms. The molecule has 24 heavy (non-hydrogen) atoms. The highest BCUT2D eigenvalue weighted by Gasteiger charge is 2.17. The van der Waals surface area contributed by atoms with Gasteiger partial charge in [-0.15, -0.1) is 0 Å². The number of hydrogen-bond acceptors (Lipinski definition) is 6. The highest BCUT2D eigenvalue weighted by atomic mass is 16.6. The molecule has 0 fully saturated rings. The van der Waals surface area contributed by atoms with Gasteiger partial charge in [0, 0.05) is 0 Å². The Kier molecular flexibility index (Phi) is 6.19. The van der Waals surface area contributed by atoms with E-state index < -0.39 is 12.1 Å². The lowest BCUT2D eigenvalue weighted by Gasteiger charge is -2.15. The minimum absolute atomic E-state index is 0.449. The molecule has 0 amide bonds. The van der Waals surface area contributed by atoms with Crippen molar-refractivity contribution in [1.29, 1.82) is 0 Å². The number of anilines is 1. The van der Waals surface area contributed by atoms with Crippen molar-refractivity contribution in [2.75, 3.05) is 19.6 Å². The summed E-state index contributed by atoms with van der Waals surface area (Å²) in [5.74, 6) is 0.521. The molecular formula is C18H20N2O4. The minimum Gasteiger partial charge on any atom is -0.493 e. The molecule has 0 aliphatic carbocycles. The van der Waals surface area contributed by atoms with Gasteiger partial charge in [0.2, 0.25) is 0 Å². The van der Waals surface area contributed by atoms with Crippen LogP contribution in [-0.4, -0.2) is 32.5 Å². The normalized spacial score (nSPS) is 11.8. The SMILES string of the molecule is COC(=O)C(C)Oc1ccc(C=NNc2ccccc2)cc1OC. The lowest BCUT2D eigenvalue weighted by molar-refractivity contribution is -0.147. The highest BCUT2D eigenvalue weighted by molar-refractivity contribution is 5.81. The van der Waals surface area contributed by atoms with Gasteiger partial charge in [-0.2, -0.15) is 5.10 Å². The summed E-state index contributed by atoms with van der Waals surface area (Å²) in [6, 6.07) is 14.9. The standard InChI is InChI=1S/C18H20N2O4/c1-13(18(21)23-3)24-16-10-9-14(11-17(16)22-2)12-19-20-15-7-5-4-6-8-15/h4-13,20H,1-3H3. The van der Waals surface area contributed by atoms with Crippen LogP contribution in [-0.2, 0) is 9.53 Å². The molecule has 1 atom stereocenters. The van der Waals surface area contributed by atoms with E-state index in [9.17, 15) is 4.79 Å². The fraction of sp³-hybridized carbons (Fsp3) is 0.222. The maximum absolute atomic E-state index is 11.4. The molecule has 0 spiro atoms. The van der Waals surface area contributed by atoms with E-state index in [1.54, 1.807) is 25.3 Å². The van der Waals surface area contributed by atoms with Crippen LogP contribution >= 0.6 is 0 Å². The predicted molar refractivity (Wildman–Crippen MR) is 92.8 cm³/mol. The number of para-hydroxylation sites is 1. The monoisotopic (exact) mass is 328 g/mol. The number of rotatable bonds is 7. The topological polar surface area (TPSA) is 69.2 Å². The number of methoxy groups -OCH3 is 2. The lowest BCUT2D eigenvalue weighted by Crippen LogP contribution is -2.25. The van der Waals surface area contributed by atoms with Gasteiger partial charge in [0.05, 0.1) is 26.1 Å². The summed E-state index contributed by atoms with van der Waals surface area (Å²) >= 11 is 0. The van der Waals surface area contributed by atoms with Gasteiger partial charge in [-0.25, -0.2) is 4.79 Å². The van der Waals surface area contributed by atoms with E-state index in [1.165, 1.54) is 14.2 Å². The van der Waals surface area contributed by atoms with Gasteiger partial charge in [-0.3, -0.25) is 5.43 Å². The quantitative estimate of drug-likeness (QED) is 0.480. The van der Waals surface area contributed by atoms with Crippen LogP contribution in [0.4, 0.5) is 5.69 Å². The molecule has 0 aliphatic rings. The second-order valence-electron chi connectivity index (χ2n) is 4.93. The first-order valence-corrected chi connectivity index (χ1v) is 7.40. The predicted octanol–water partition coefficient (Wildman–Crippen LogP) is 3.08. The van der Waals surface area contributed by atoms with Crippen LogP contribution in [0.2, 0.25) is 0 Å². The van der Waals surface area contributed by atoms with Gasteiger partial charge in [-0.1, -0.05) is 18.2 Å². The molecule has 0 heterocycles. The zero-order chi connectivity index (χ0) is 17.4. The number of hydrazone groups is 1. The Hall–Kier alpha value is -3.02. The molecule has 0 aromatic heterocycles. The van der Waals surface area contributed by atoms with E-state index in [0.29, 0.717) is 11.5 Å². The van der Waals surface area contributed by atoms with Crippen LogP contribution in [0.5, 0.6) is 11.5 Å². The Morgan fingerprint density at radius 1 is 1.12 bits per heavy atom.